The molecule has 0 spiro atoms. The van der Waals surface area contributed by atoms with E-state index in [1.54, 1.807) is 0 Å². The fourth-order valence-electron chi connectivity index (χ4n) is 1.46. The summed E-state index contributed by atoms with van der Waals surface area (Å²) in [7, 11) is -1.05. The van der Waals surface area contributed by atoms with Crippen LogP contribution < -0.4 is 0 Å². The highest BCUT2D eigenvalue weighted by Gasteiger charge is 2.23. The van der Waals surface area contributed by atoms with E-state index in [9.17, 15) is 22.4 Å². The van der Waals surface area contributed by atoms with E-state index < -0.39 is 48.8 Å². The van der Waals surface area contributed by atoms with Crippen LogP contribution >= 0.6 is 11.6 Å². The Labute approximate surface area is 126 Å². The van der Waals surface area contributed by atoms with Gasteiger partial charge >= 0.3 is 5.97 Å². The second-order valence-corrected chi connectivity index (χ2v) is 6.92. The lowest BCUT2D eigenvalue weighted by Gasteiger charge is -2.11. The number of benzene rings is 1. The number of carboxylic acid groups (broad SMARTS) is 1. The van der Waals surface area contributed by atoms with Crippen LogP contribution in [0.2, 0.25) is 5.02 Å². The molecule has 1 aromatic rings. The van der Waals surface area contributed by atoms with Crippen molar-refractivity contribution in [1.82, 2.24) is 4.90 Å². The zero-order valence-corrected chi connectivity index (χ0v) is 12.8. The van der Waals surface area contributed by atoms with E-state index in [2.05, 4.69) is 0 Å². The summed E-state index contributed by atoms with van der Waals surface area (Å²) >= 11 is 5.47. The van der Waals surface area contributed by atoms with Crippen LogP contribution in [0.1, 0.15) is 16.8 Å². The molecule has 0 fully saturated rings. The Kier molecular flexibility index (Phi) is 5.30. The van der Waals surface area contributed by atoms with Gasteiger partial charge in [0.15, 0.2) is 9.84 Å². The number of halogens is 2. The lowest BCUT2D eigenvalue weighted by Crippen LogP contribution is -2.24. The summed E-state index contributed by atoms with van der Waals surface area (Å²) in [6, 6.07) is 1.42. The van der Waals surface area contributed by atoms with Crippen LogP contribution in [0.3, 0.4) is 0 Å². The number of rotatable bonds is 5. The number of amides is 1. The fourth-order valence-corrected chi connectivity index (χ4v) is 2.91. The minimum absolute atomic E-state index is 0.290. The summed E-state index contributed by atoms with van der Waals surface area (Å²) < 4.78 is 37.6. The molecule has 0 saturated carbocycles. The molecular formula is C12H13ClFNO5S. The van der Waals surface area contributed by atoms with E-state index in [1.165, 1.54) is 19.0 Å². The van der Waals surface area contributed by atoms with Gasteiger partial charge in [-0.3, -0.25) is 4.79 Å². The molecule has 116 valence electrons. The van der Waals surface area contributed by atoms with Crippen LogP contribution in [0, 0.1) is 5.82 Å². The predicted octanol–water partition coefficient (Wildman–Crippen LogP) is 1.43. The zero-order chi connectivity index (χ0) is 16.4. The van der Waals surface area contributed by atoms with Gasteiger partial charge in [-0.25, -0.2) is 17.6 Å². The molecule has 0 atom stereocenters. The maximum absolute atomic E-state index is 13.5. The highest BCUT2D eigenvalue weighted by atomic mass is 35.5. The SMILES string of the molecule is CN(C)C(=O)CCS(=O)(=O)c1cc(F)c(Cl)c(C(=O)O)c1. The maximum atomic E-state index is 13.5. The summed E-state index contributed by atoms with van der Waals surface area (Å²) in [6.07, 6.45) is -0.290. The molecular weight excluding hydrogens is 325 g/mol. The number of aromatic carboxylic acids is 1. The van der Waals surface area contributed by atoms with E-state index >= 15 is 0 Å². The van der Waals surface area contributed by atoms with E-state index in [0.717, 1.165) is 6.07 Å². The first kappa shape index (κ1) is 17.4. The van der Waals surface area contributed by atoms with Crippen molar-refractivity contribution in [3.63, 3.8) is 0 Å². The number of carboxylic acids is 1. The zero-order valence-electron chi connectivity index (χ0n) is 11.3. The van der Waals surface area contributed by atoms with Crippen LogP contribution in [-0.4, -0.2) is 50.1 Å². The van der Waals surface area contributed by atoms with Crippen molar-refractivity contribution in [1.29, 1.82) is 0 Å². The van der Waals surface area contributed by atoms with Crippen molar-refractivity contribution < 1.29 is 27.5 Å². The van der Waals surface area contributed by atoms with Gasteiger partial charge in [-0.1, -0.05) is 11.6 Å². The van der Waals surface area contributed by atoms with Gasteiger partial charge in [0.1, 0.15) is 5.82 Å². The first-order valence-electron chi connectivity index (χ1n) is 5.71. The lowest BCUT2D eigenvalue weighted by atomic mass is 10.2. The van der Waals surface area contributed by atoms with Crippen LogP contribution in [0.4, 0.5) is 4.39 Å². The Balaban J connectivity index is 3.15. The molecule has 0 aliphatic heterocycles. The van der Waals surface area contributed by atoms with E-state index in [4.69, 9.17) is 16.7 Å². The number of hydrogen-bond acceptors (Lipinski definition) is 4. The van der Waals surface area contributed by atoms with Gasteiger partial charge < -0.3 is 10.0 Å². The number of hydrogen-bond donors (Lipinski definition) is 1. The third-order valence-electron chi connectivity index (χ3n) is 2.67. The Morgan fingerprint density at radius 3 is 2.38 bits per heavy atom. The Bertz CT molecular complexity index is 687. The molecule has 6 nitrogen and oxygen atoms in total. The monoisotopic (exact) mass is 337 g/mol. The lowest BCUT2D eigenvalue weighted by molar-refractivity contribution is -0.128. The smallest absolute Gasteiger partial charge is 0.337 e. The fraction of sp³-hybridized carbons (Fsp3) is 0.333. The molecule has 1 aromatic carbocycles. The summed E-state index contributed by atoms with van der Waals surface area (Å²) in [5.41, 5.74) is -0.644. The average molecular weight is 338 g/mol. The van der Waals surface area contributed by atoms with Crippen LogP contribution in [0.25, 0.3) is 0 Å². The number of carbonyl (C=O) groups is 2. The molecule has 1 N–H and O–H groups in total. The normalized spacial score (nSPS) is 11.2. The van der Waals surface area contributed by atoms with Gasteiger partial charge in [-0.05, 0) is 12.1 Å². The highest BCUT2D eigenvalue weighted by molar-refractivity contribution is 7.91. The molecule has 0 bridgehead atoms. The molecule has 1 rings (SSSR count). The Morgan fingerprint density at radius 1 is 1.33 bits per heavy atom. The average Bonchev–Trinajstić information content (AvgIpc) is 2.38. The molecule has 0 heterocycles. The summed E-state index contributed by atoms with van der Waals surface area (Å²) in [5.74, 6) is -3.65. The molecule has 0 aliphatic carbocycles. The number of sulfone groups is 1. The van der Waals surface area contributed by atoms with Gasteiger partial charge in [-0.15, -0.1) is 0 Å². The van der Waals surface area contributed by atoms with Gasteiger partial charge in [0, 0.05) is 20.5 Å². The Morgan fingerprint density at radius 2 is 1.90 bits per heavy atom. The molecule has 0 saturated heterocycles. The second kappa shape index (κ2) is 6.40. The summed E-state index contributed by atoms with van der Waals surface area (Å²) in [4.78, 5) is 23.0. The van der Waals surface area contributed by atoms with Gasteiger partial charge in [0.05, 0.1) is 21.2 Å². The largest absolute Gasteiger partial charge is 0.478 e. The van der Waals surface area contributed by atoms with E-state index in [0.29, 0.717) is 6.07 Å². The van der Waals surface area contributed by atoms with Crippen molar-refractivity contribution >= 4 is 33.3 Å². The van der Waals surface area contributed by atoms with Crippen molar-refractivity contribution in [2.45, 2.75) is 11.3 Å². The highest BCUT2D eigenvalue weighted by Crippen LogP contribution is 2.25. The molecule has 0 radical (unpaired) electrons. The molecule has 0 aliphatic rings. The second-order valence-electron chi connectivity index (χ2n) is 4.43. The quantitative estimate of drug-likeness (QED) is 0.877. The maximum Gasteiger partial charge on any atom is 0.337 e. The molecule has 0 aromatic heterocycles. The van der Waals surface area contributed by atoms with Crippen molar-refractivity contribution in [2.75, 3.05) is 19.8 Å². The molecule has 9 heteroatoms. The topological polar surface area (TPSA) is 91.8 Å². The molecule has 0 unspecified atom stereocenters. The first-order chi connectivity index (χ1) is 9.56. The van der Waals surface area contributed by atoms with Crippen LogP contribution in [0.15, 0.2) is 17.0 Å². The minimum Gasteiger partial charge on any atom is -0.478 e. The molecule has 1 amide bonds. The van der Waals surface area contributed by atoms with Gasteiger partial charge in [0.2, 0.25) is 5.91 Å². The third kappa shape index (κ3) is 4.15. The van der Waals surface area contributed by atoms with Crippen LogP contribution in [-0.2, 0) is 14.6 Å². The summed E-state index contributed by atoms with van der Waals surface area (Å²) in [5, 5.41) is 8.20. The Hall–Kier alpha value is -1.67. The van der Waals surface area contributed by atoms with E-state index in [-0.39, 0.29) is 6.42 Å². The third-order valence-corrected chi connectivity index (χ3v) is 4.75. The van der Waals surface area contributed by atoms with Gasteiger partial charge in [0.25, 0.3) is 0 Å². The molecule has 21 heavy (non-hydrogen) atoms. The standard InChI is InChI=1S/C12H13ClFNO5S/c1-15(2)10(16)3-4-21(19,20)7-5-8(12(17)18)11(13)9(14)6-7/h5-6H,3-4H2,1-2H3,(H,17,18). The van der Waals surface area contributed by atoms with Crippen LogP contribution in [0.5, 0.6) is 0 Å². The predicted molar refractivity (Wildman–Crippen MR) is 73.7 cm³/mol. The van der Waals surface area contributed by atoms with Crippen molar-refractivity contribution in [2.24, 2.45) is 0 Å². The first-order valence-corrected chi connectivity index (χ1v) is 7.74. The van der Waals surface area contributed by atoms with Crippen molar-refractivity contribution in [3.05, 3.63) is 28.5 Å². The van der Waals surface area contributed by atoms with Gasteiger partial charge in [-0.2, -0.15) is 0 Å². The minimum atomic E-state index is -3.99. The number of carbonyl (C=O) groups excluding carboxylic acids is 1. The van der Waals surface area contributed by atoms with E-state index in [1.807, 2.05) is 0 Å². The summed E-state index contributed by atoms with van der Waals surface area (Å²) in [6.45, 7) is 0. The van der Waals surface area contributed by atoms with Crippen molar-refractivity contribution in [3.8, 4) is 0 Å². The number of nitrogens with zero attached hydrogens (tertiary/aromatic N) is 1.